The number of unbranched alkanes of at least 4 members (excludes halogenated alkanes) is 1. The predicted octanol–water partition coefficient (Wildman–Crippen LogP) is 1.18. The molecule has 0 aliphatic heterocycles. The number of nitrogens with zero attached hydrogens (tertiary/aromatic N) is 2. The second kappa shape index (κ2) is 4.93. The molecule has 3 heteroatoms. The molecule has 68 valence electrons. The highest BCUT2D eigenvalue weighted by Gasteiger charge is 1.99. The average Bonchev–Trinajstić information content (AvgIpc) is 2.52. The van der Waals surface area contributed by atoms with Gasteiger partial charge in [-0.2, -0.15) is 0 Å². The summed E-state index contributed by atoms with van der Waals surface area (Å²) in [6.45, 7) is 3.93. The molecule has 1 rings (SSSR count). The van der Waals surface area contributed by atoms with Crippen LogP contribution in [0.5, 0.6) is 0 Å². The number of hydrogen-bond donors (Lipinski definition) is 1. The summed E-state index contributed by atoms with van der Waals surface area (Å²) in [6.07, 6.45) is 7.18. The first-order valence-corrected chi connectivity index (χ1v) is 4.58. The van der Waals surface area contributed by atoms with Crippen LogP contribution in [0.2, 0.25) is 0 Å². The van der Waals surface area contributed by atoms with E-state index in [1.54, 1.807) is 0 Å². The molecule has 0 unspecified atom stereocenters. The van der Waals surface area contributed by atoms with Crippen molar-refractivity contribution in [3.63, 3.8) is 0 Å². The van der Waals surface area contributed by atoms with Crippen molar-refractivity contribution in [2.45, 2.75) is 32.7 Å². The lowest BCUT2D eigenvalue weighted by Crippen LogP contribution is -2.03. The van der Waals surface area contributed by atoms with Crippen molar-refractivity contribution in [3.8, 4) is 0 Å². The molecule has 3 nitrogen and oxygen atoms in total. The van der Waals surface area contributed by atoms with Gasteiger partial charge in [0.2, 0.25) is 0 Å². The van der Waals surface area contributed by atoms with E-state index in [2.05, 4.69) is 16.5 Å². The quantitative estimate of drug-likeness (QED) is 0.669. The Balaban J connectivity index is 2.39. The minimum atomic E-state index is 0.785. The van der Waals surface area contributed by atoms with E-state index in [0.717, 1.165) is 32.4 Å². The molecular weight excluding hydrogens is 150 g/mol. The second-order valence-electron chi connectivity index (χ2n) is 2.88. The van der Waals surface area contributed by atoms with Crippen molar-refractivity contribution in [1.29, 1.82) is 0 Å². The molecule has 0 amide bonds. The van der Waals surface area contributed by atoms with Crippen LogP contribution in [0.4, 0.5) is 0 Å². The van der Waals surface area contributed by atoms with E-state index in [1.807, 2.05) is 12.4 Å². The molecule has 0 atom stereocenters. The van der Waals surface area contributed by atoms with Crippen LogP contribution in [-0.4, -0.2) is 16.1 Å². The van der Waals surface area contributed by atoms with Crippen LogP contribution in [0.1, 0.15) is 25.6 Å². The topological polar surface area (TPSA) is 43.8 Å². The highest BCUT2D eigenvalue weighted by molar-refractivity contribution is 4.91. The maximum Gasteiger partial charge on any atom is 0.108 e. The summed E-state index contributed by atoms with van der Waals surface area (Å²) in [5, 5.41) is 0. The Morgan fingerprint density at radius 1 is 1.50 bits per heavy atom. The molecule has 0 saturated carbocycles. The van der Waals surface area contributed by atoms with Crippen molar-refractivity contribution < 1.29 is 0 Å². The van der Waals surface area contributed by atoms with Gasteiger partial charge in [-0.25, -0.2) is 4.98 Å². The van der Waals surface area contributed by atoms with Crippen molar-refractivity contribution in [1.82, 2.24) is 9.55 Å². The molecule has 1 aromatic heterocycles. The van der Waals surface area contributed by atoms with Crippen LogP contribution in [0.25, 0.3) is 0 Å². The highest BCUT2D eigenvalue weighted by Crippen LogP contribution is 2.02. The van der Waals surface area contributed by atoms with E-state index < -0.39 is 0 Å². The summed E-state index contributed by atoms with van der Waals surface area (Å²) in [6, 6.07) is 0. The fraction of sp³-hybridized carbons (Fsp3) is 0.667. The van der Waals surface area contributed by atoms with Crippen LogP contribution in [0.3, 0.4) is 0 Å². The van der Waals surface area contributed by atoms with E-state index in [9.17, 15) is 0 Å². The van der Waals surface area contributed by atoms with E-state index in [-0.39, 0.29) is 0 Å². The number of aromatic nitrogens is 2. The van der Waals surface area contributed by atoms with E-state index in [4.69, 9.17) is 5.73 Å². The zero-order valence-electron chi connectivity index (χ0n) is 7.66. The third kappa shape index (κ3) is 2.34. The molecule has 0 aliphatic rings. The number of hydrogen-bond acceptors (Lipinski definition) is 2. The molecule has 0 aromatic carbocycles. The first kappa shape index (κ1) is 9.26. The average molecular weight is 167 g/mol. The molecule has 0 spiro atoms. The third-order valence-corrected chi connectivity index (χ3v) is 2.00. The molecule has 0 fully saturated rings. The lowest BCUT2D eigenvalue weighted by Gasteiger charge is -2.03. The highest BCUT2D eigenvalue weighted by atomic mass is 15.0. The van der Waals surface area contributed by atoms with Crippen LogP contribution < -0.4 is 5.73 Å². The third-order valence-electron chi connectivity index (χ3n) is 2.00. The monoisotopic (exact) mass is 167 g/mol. The van der Waals surface area contributed by atoms with Gasteiger partial charge in [-0.3, -0.25) is 0 Å². The van der Waals surface area contributed by atoms with E-state index in [0.29, 0.717) is 0 Å². The number of aryl methyl sites for hydroxylation is 2. The Hall–Kier alpha value is -0.830. The Bertz CT molecular complexity index is 217. The molecule has 0 saturated heterocycles. The van der Waals surface area contributed by atoms with Gasteiger partial charge in [-0.1, -0.05) is 0 Å². The fourth-order valence-corrected chi connectivity index (χ4v) is 1.28. The Morgan fingerprint density at radius 3 is 3.00 bits per heavy atom. The van der Waals surface area contributed by atoms with Crippen molar-refractivity contribution in [2.75, 3.05) is 6.54 Å². The number of rotatable bonds is 5. The SMILES string of the molecule is CCn1ccnc1CCCCN. The zero-order chi connectivity index (χ0) is 8.81. The molecule has 0 bridgehead atoms. The van der Waals surface area contributed by atoms with Gasteiger partial charge in [-0.05, 0) is 26.3 Å². The van der Waals surface area contributed by atoms with Crippen LogP contribution in [0.15, 0.2) is 12.4 Å². The van der Waals surface area contributed by atoms with Crippen molar-refractivity contribution >= 4 is 0 Å². The van der Waals surface area contributed by atoms with Crippen molar-refractivity contribution in [3.05, 3.63) is 18.2 Å². The summed E-state index contributed by atoms with van der Waals surface area (Å²) in [4.78, 5) is 4.28. The molecular formula is C9H17N3. The Labute approximate surface area is 73.6 Å². The molecule has 1 aromatic rings. The van der Waals surface area contributed by atoms with Crippen molar-refractivity contribution in [2.24, 2.45) is 5.73 Å². The normalized spacial score (nSPS) is 10.5. The summed E-state index contributed by atoms with van der Waals surface area (Å²) >= 11 is 0. The molecule has 0 aliphatic carbocycles. The summed E-state index contributed by atoms with van der Waals surface area (Å²) in [7, 11) is 0. The molecule has 2 N–H and O–H groups in total. The van der Waals surface area contributed by atoms with Gasteiger partial charge in [0.1, 0.15) is 5.82 Å². The first-order chi connectivity index (χ1) is 5.88. The van der Waals surface area contributed by atoms with Gasteiger partial charge in [-0.15, -0.1) is 0 Å². The summed E-state index contributed by atoms with van der Waals surface area (Å²) in [5.41, 5.74) is 5.41. The number of imidazole rings is 1. The molecule has 1 heterocycles. The zero-order valence-corrected chi connectivity index (χ0v) is 7.66. The summed E-state index contributed by atoms with van der Waals surface area (Å²) < 4.78 is 2.18. The fourth-order valence-electron chi connectivity index (χ4n) is 1.28. The van der Waals surface area contributed by atoms with Crippen LogP contribution >= 0.6 is 0 Å². The first-order valence-electron chi connectivity index (χ1n) is 4.58. The summed E-state index contributed by atoms with van der Waals surface area (Å²) in [5.74, 6) is 1.19. The van der Waals surface area contributed by atoms with E-state index in [1.165, 1.54) is 5.82 Å². The largest absolute Gasteiger partial charge is 0.335 e. The standard InChI is InChI=1S/C9H17N3/c1-2-12-8-7-11-9(12)5-3-4-6-10/h7-8H,2-6,10H2,1H3. The molecule has 0 radical (unpaired) electrons. The lowest BCUT2D eigenvalue weighted by molar-refractivity contribution is 0.651. The van der Waals surface area contributed by atoms with Gasteiger partial charge in [0.05, 0.1) is 0 Å². The minimum absolute atomic E-state index is 0.785. The Morgan fingerprint density at radius 2 is 2.33 bits per heavy atom. The predicted molar refractivity (Wildman–Crippen MR) is 49.9 cm³/mol. The lowest BCUT2D eigenvalue weighted by atomic mass is 10.2. The van der Waals surface area contributed by atoms with Gasteiger partial charge in [0, 0.05) is 25.4 Å². The Kier molecular flexibility index (Phi) is 3.80. The van der Waals surface area contributed by atoms with Crippen LogP contribution in [-0.2, 0) is 13.0 Å². The van der Waals surface area contributed by atoms with E-state index >= 15 is 0 Å². The van der Waals surface area contributed by atoms with Gasteiger partial charge >= 0.3 is 0 Å². The second-order valence-corrected chi connectivity index (χ2v) is 2.88. The van der Waals surface area contributed by atoms with Crippen LogP contribution in [0, 0.1) is 0 Å². The van der Waals surface area contributed by atoms with Gasteiger partial charge < -0.3 is 10.3 Å². The number of nitrogens with two attached hydrogens (primary N) is 1. The maximum atomic E-state index is 5.41. The van der Waals surface area contributed by atoms with Gasteiger partial charge in [0.15, 0.2) is 0 Å². The smallest absolute Gasteiger partial charge is 0.108 e. The maximum absolute atomic E-state index is 5.41. The molecule has 12 heavy (non-hydrogen) atoms. The van der Waals surface area contributed by atoms with Gasteiger partial charge in [0.25, 0.3) is 0 Å². The minimum Gasteiger partial charge on any atom is -0.335 e.